The first-order chi connectivity index (χ1) is 9.16. The number of ether oxygens (including phenoxy) is 1. The standard InChI is InChI=1S/C13H11FN2O3/c14-9-5-2-1-4-8(9)11-12(19-13(17)18)10-6-3-7-16(10)15-11/h1-2,4-5H,3,6-7H2,(H,17,18). The maximum Gasteiger partial charge on any atom is 0.511 e. The van der Waals surface area contributed by atoms with E-state index in [1.807, 2.05) is 0 Å². The first-order valence-electron chi connectivity index (χ1n) is 5.92. The number of hydrogen-bond donors (Lipinski definition) is 1. The van der Waals surface area contributed by atoms with Crippen LogP contribution in [0.5, 0.6) is 5.75 Å². The van der Waals surface area contributed by atoms with E-state index in [1.165, 1.54) is 6.07 Å². The molecule has 0 unspecified atom stereocenters. The summed E-state index contributed by atoms with van der Waals surface area (Å²) in [4.78, 5) is 10.8. The Hall–Kier alpha value is -2.37. The Bertz CT molecular complexity index is 651. The number of hydrogen-bond acceptors (Lipinski definition) is 3. The van der Waals surface area contributed by atoms with Crippen molar-refractivity contribution in [3.8, 4) is 17.0 Å². The maximum absolute atomic E-state index is 13.8. The molecule has 0 atom stereocenters. The average molecular weight is 262 g/mol. The van der Waals surface area contributed by atoms with Gasteiger partial charge in [-0.3, -0.25) is 4.68 Å². The minimum atomic E-state index is -1.42. The molecule has 0 amide bonds. The van der Waals surface area contributed by atoms with Gasteiger partial charge in [0, 0.05) is 12.1 Å². The second-order valence-corrected chi connectivity index (χ2v) is 4.30. The van der Waals surface area contributed by atoms with Gasteiger partial charge in [-0.2, -0.15) is 5.10 Å². The van der Waals surface area contributed by atoms with Crippen molar-refractivity contribution in [2.45, 2.75) is 19.4 Å². The Morgan fingerprint density at radius 3 is 2.95 bits per heavy atom. The summed E-state index contributed by atoms with van der Waals surface area (Å²) in [5.41, 5.74) is 1.21. The highest BCUT2D eigenvalue weighted by Crippen LogP contribution is 2.37. The lowest BCUT2D eigenvalue weighted by Crippen LogP contribution is -2.05. The highest BCUT2D eigenvalue weighted by atomic mass is 19.1. The number of carboxylic acid groups (broad SMARTS) is 1. The molecule has 0 saturated carbocycles. The van der Waals surface area contributed by atoms with Crippen LogP contribution in [0.25, 0.3) is 11.3 Å². The van der Waals surface area contributed by atoms with E-state index in [-0.39, 0.29) is 17.0 Å². The summed E-state index contributed by atoms with van der Waals surface area (Å²) >= 11 is 0. The van der Waals surface area contributed by atoms with Crippen LogP contribution < -0.4 is 4.74 Å². The molecule has 2 aromatic rings. The van der Waals surface area contributed by atoms with Crippen molar-refractivity contribution in [2.24, 2.45) is 0 Å². The normalized spacial score (nSPS) is 13.3. The minimum Gasteiger partial charge on any atom is -0.449 e. The lowest BCUT2D eigenvalue weighted by atomic mass is 10.1. The van der Waals surface area contributed by atoms with Crippen molar-refractivity contribution >= 4 is 6.16 Å². The molecule has 0 fully saturated rings. The van der Waals surface area contributed by atoms with Crippen LogP contribution >= 0.6 is 0 Å². The molecule has 1 aromatic heterocycles. The molecule has 3 rings (SSSR count). The van der Waals surface area contributed by atoms with Crippen LogP contribution in [0, 0.1) is 5.82 Å². The zero-order valence-corrected chi connectivity index (χ0v) is 9.97. The molecule has 1 aliphatic heterocycles. The third-order valence-corrected chi connectivity index (χ3v) is 3.11. The zero-order chi connectivity index (χ0) is 13.4. The number of aromatic nitrogens is 2. The minimum absolute atomic E-state index is 0.148. The van der Waals surface area contributed by atoms with E-state index in [0.717, 1.165) is 6.42 Å². The van der Waals surface area contributed by atoms with Crippen LogP contribution in [0.4, 0.5) is 9.18 Å². The summed E-state index contributed by atoms with van der Waals surface area (Å²) in [6.07, 6.45) is 0.153. The van der Waals surface area contributed by atoms with Gasteiger partial charge in [-0.25, -0.2) is 9.18 Å². The van der Waals surface area contributed by atoms with Gasteiger partial charge < -0.3 is 9.84 Å². The van der Waals surface area contributed by atoms with Crippen molar-refractivity contribution < 1.29 is 19.0 Å². The first kappa shape index (κ1) is 11.7. The fourth-order valence-corrected chi connectivity index (χ4v) is 2.33. The van der Waals surface area contributed by atoms with E-state index in [9.17, 15) is 9.18 Å². The average Bonchev–Trinajstić information content (AvgIpc) is 2.92. The van der Waals surface area contributed by atoms with Gasteiger partial charge in [0.05, 0.1) is 5.69 Å². The van der Waals surface area contributed by atoms with Crippen molar-refractivity contribution in [1.29, 1.82) is 0 Å². The lowest BCUT2D eigenvalue weighted by molar-refractivity contribution is 0.144. The predicted molar refractivity (Wildman–Crippen MR) is 64.6 cm³/mol. The van der Waals surface area contributed by atoms with E-state index in [2.05, 4.69) is 5.10 Å². The highest BCUT2D eigenvalue weighted by molar-refractivity contribution is 5.73. The maximum atomic E-state index is 13.8. The largest absolute Gasteiger partial charge is 0.511 e. The van der Waals surface area contributed by atoms with Gasteiger partial charge in [-0.05, 0) is 25.0 Å². The summed E-state index contributed by atoms with van der Waals surface area (Å²) in [5, 5.41) is 13.1. The molecule has 98 valence electrons. The molecular formula is C13H11FN2O3. The topological polar surface area (TPSA) is 64.3 Å². The molecule has 1 aromatic carbocycles. The van der Waals surface area contributed by atoms with E-state index in [0.29, 0.717) is 18.7 Å². The molecule has 19 heavy (non-hydrogen) atoms. The van der Waals surface area contributed by atoms with Crippen molar-refractivity contribution in [2.75, 3.05) is 0 Å². The van der Waals surface area contributed by atoms with Crippen molar-refractivity contribution in [3.05, 3.63) is 35.8 Å². The first-order valence-corrected chi connectivity index (χ1v) is 5.92. The molecule has 0 bridgehead atoms. The van der Waals surface area contributed by atoms with Crippen LogP contribution in [-0.4, -0.2) is 21.0 Å². The SMILES string of the molecule is O=C(O)Oc1c(-c2ccccc2F)nn2c1CCC2. The summed E-state index contributed by atoms with van der Waals surface area (Å²) in [5.74, 6) is -0.301. The predicted octanol–water partition coefficient (Wildman–Crippen LogP) is 2.69. The van der Waals surface area contributed by atoms with Crippen LogP contribution in [0.3, 0.4) is 0 Å². The Balaban J connectivity index is 2.16. The molecule has 0 radical (unpaired) electrons. The smallest absolute Gasteiger partial charge is 0.449 e. The molecule has 5 nitrogen and oxygen atoms in total. The number of carbonyl (C=O) groups is 1. The van der Waals surface area contributed by atoms with E-state index in [1.54, 1.807) is 22.9 Å². The molecule has 0 aliphatic carbocycles. The number of aryl methyl sites for hydroxylation is 1. The highest BCUT2D eigenvalue weighted by Gasteiger charge is 2.26. The Labute approximate surface area is 108 Å². The van der Waals surface area contributed by atoms with Crippen LogP contribution in [0.2, 0.25) is 0 Å². The second kappa shape index (κ2) is 4.38. The number of benzene rings is 1. The number of nitrogens with zero attached hydrogens (tertiary/aromatic N) is 2. The summed E-state index contributed by atoms with van der Waals surface area (Å²) in [7, 11) is 0. The van der Waals surface area contributed by atoms with Gasteiger partial charge in [-0.15, -0.1) is 0 Å². The Morgan fingerprint density at radius 1 is 1.42 bits per heavy atom. The Morgan fingerprint density at radius 2 is 2.21 bits per heavy atom. The van der Waals surface area contributed by atoms with Gasteiger partial charge >= 0.3 is 6.16 Å². The van der Waals surface area contributed by atoms with Gasteiger partial charge in [0.15, 0.2) is 5.75 Å². The van der Waals surface area contributed by atoms with Crippen LogP contribution in [-0.2, 0) is 13.0 Å². The van der Waals surface area contributed by atoms with E-state index >= 15 is 0 Å². The molecule has 6 heteroatoms. The number of fused-ring (bicyclic) bond motifs is 1. The van der Waals surface area contributed by atoms with Gasteiger partial charge in [0.1, 0.15) is 11.5 Å². The van der Waals surface area contributed by atoms with Crippen molar-refractivity contribution in [3.63, 3.8) is 0 Å². The van der Waals surface area contributed by atoms with Crippen LogP contribution in [0.1, 0.15) is 12.1 Å². The third-order valence-electron chi connectivity index (χ3n) is 3.11. The quantitative estimate of drug-likeness (QED) is 0.845. The third kappa shape index (κ3) is 1.95. The molecule has 2 heterocycles. The second-order valence-electron chi connectivity index (χ2n) is 4.30. The molecular weight excluding hydrogens is 251 g/mol. The molecule has 1 N–H and O–H groups in total. The monoisotopic (exact) mass is 262 g/mol. The Kier molecular flexibility index (Phi) is 2.70. The van der Waals surface area contributed by atoms with Crippen molar-refractivity contribution in [1.82, 2.24) is 9.78 Å². The molecule has 0 saturated heterocycles. The molecule has 1 aliphatic rings. The van der Waals surface area contributed by atoms with E-state index < -0.39 is 12.0 Å². The fourth-order valence-electron chi connectivity index (χ4n) is 2.33. The van der Waals surface area contributed by atoms with Crippen LogP contribution in [0.15, 0.2) is 24.3 Å². The van der Waals surface area contributed by atoms with E-state index in [4.69, 9.17) is 9.84 Å². The lowest BCUT2D eigenvalue weighted by Gasteiger charge is -2.04. The van der Waals surface area contributed by atoms with Gasteiger partial charge in [0.25, 0.3) is 0 Å². The summed E-state index contributed by atoms with van der Waals surface area (Å²) < 4.78 is 20.3. The van der Waals surface area contributed by atoms with Gasteiger partial charge in [-0.1, -0.05) is 12.1 Å². The summed E-state index contributed by atoms with van der Waals surface area (Å²) in [6.45, 7) is 0.694. The number of halogens is 1. The summed E-state index contributed by atoms with van der Waals surface area (Å²) in [6, 6.07) is 6.11. The number of rotatable bonds is 2. The zero-order valence-electron chi connectivity index (χ0n) is 9.97. The van der Waals surface area contributed by atoms with Gasteiger partial charge in [0.2, 0.25) is 0 Å². The molecule has 0 spiro atoms. The fraction of sp³-hybridized carbons (Fsp3) is 0.231.